The second-order valence-electron chi connectivity index (χ2n) is 11.9. The van der Waals surface area contributed by atoms with E-state index in [1.54, 1.807) is 38.4 Å². The second kappa shape index (κ2) is 15.4. The van der Waals surface area contributed by atoms with Gasteiger partial charge in [0.25, 0.3) is 5.91 Å². The van der Waals surface area contributed by atoms with Crippen molar-refractivity contribution < 1.29 is 32.2 Å². The summed E-state index contributed by atoms with van der Waals surface area (Å²) in [7, 11) is 5.45. The number of carbonyl (C=O) groups excluding carboxylic acids is 1. The van der Waals surface area contributed by atoms with Crippen molar-refractivity contribution in [2.75, 3.05) is 84.4 Å². The highest BCUT2D eigenvalue weighted by Crippen LogP contribution is 2.40. The Morgan fingerprint density at radius 1 is 1.09 bits per heavy atom. The summed E-state index contributed by atoms with van der Waals surface area (Å²) in [5, 5.41) is 7.46. The molecule has 2 unspecified atom stereocenters. The van der Waals surface area contributed by atoms with Crippen LogP contribution < -0.4 is 15.4 Å². The van der Waals surface area contributed by atoms with Crippen molar-refractivity contribution in [1.82, 2.24) is 9.80 Å². The first-order chi connectivity index (χ1) is 22.1. The molecule has 1 fully saturated rings. The molecule has 46 heavy (non-hydrogen) atoms. The molecule has 8 nitrogen and oxygen atoms in total. The van der Waals surface area contributed by atoms with Gasteiger partial charge in [-0.1, -0.05) is 24.0 Å². The van der Waals surface area contributed by atoms with Gasteiger partial charge in [0.1, 0.15) is 12.4 Å². The number of hydrogen-bond acceptors (Lipinski definition) is 8. The lowest BCUT2D eigenvalue weighted by atomic mass is 9.89. The van der Waals surface area contributed by atoms with E-state index >= 15 is 0 Å². The van der Waals surface area contributed by atoms with Crippen LogP contribution in [0.2, 0.25) is 0 Å². The number of carbonyl (C=O) groups is 1. The van der Waals surface area contributed by atoms with Gasteiger partial charge < -0.3 is 34.6 Å². The topological polar surface area (TPSA) is 75.3 Å². The van der Waals surface area contributed by atoms with Crippen LogP contribution in [0.25, 0.3) is 10.1 Å². The summed E-state index contributed by atoms with van der Waals surface area (Å²) in [4.78, 5) is 16.9. The second-order valence-corrected chi connectivity index (χ2v) is 12.9. The third kappa shape index (κ3) is 9.06. The van der Waals surface area contributed by atoms with Crippen LogP contribution in [0, 0.1) is 17.8 Å². The molecule has 3 aromatic rings. The molecule has 2 N–H and O–H groups in total. The summed E-state index contributed by atoms with van der Waals surface area (Å²) >= 11 is 1.29. The molecule has 2 atom stereocenters. The molecule has 0 saturated carbocycles. The largest absolute Gasteiger partial charge is 0.491 e. The average Bonchev–Trinajstić information content (AvgIpc) is 3.35. The van der Waals surface area contributed by atoms with Gasteiger partial charge in [0.05, 0.1) is 48.1 Å². The van der Waals surface area contributed by atoms with Crippen molar-refractivity contribution in [3.8, 4) is 17.6 Å². The number of alkyl halides is 3. The van der Waals surface area contributed by atoms with Gasteiger partial charge in [0.2, 0.25) is 0 Å². The van der Waals surface area contributed by atoms with Crippen molar-refractivity contribution in [3.05, 3.63) is 52.4 Å². The Bertz CT molecular complexity index is 1570. The van der Waals surface area contributed by atoms with Crippen LogP contribution in [0.3, 0.4) is 0 Å². The lowest BCUT2D eigenvalue weighted by molar-refractivity contribution is -0.126. The van der Waals surface area contributed by atoms with E-state index in [0.717, 1.165) is 36.3 Å². The first kappa shape index (κ1) is 33.9. The number of halogens is 3. The number of hydrogen-bond donors (Lipinski definition) is 2. The summed E-state index contributed by atoms with van der Waals surface area (Å²) in [6, 6.07) is 10.8. The van der Waals surface area contributed by atoms with Crippen LogP contribution in [0.5, 0.6) is 5.75 Å². The van der Waals surface area contributed by atoms with Gasteiger partial charge >= 0.3 is 6.18 Å². The number of thiophene rings is 1. The minimum absolute atomic E-state index is 0.157. The lowest BCUT2D eigenvalue weighted by Crippen LogP contribution is -2.45. The molecule has 12 heteroatoms. The van der Waals surface area contributed by atoms with Crippen molar-refractivity contribution in [1.29, 1.82) is 0 Å². The predicted octanol–water partition coefficient (Wildman–Crippen LogP) is 5.72. The summed E-state index contributed by atoms with van der Waals surface area (Å²) < 4.78 is 59.7. The Hall–Kier alpha value is -3.50. The summed E-state index contributed by atoms with van der Waals surface area (Å²) in [5.41, 5.74) is 2.07. The van der Waals surface area contributed by atoms with Gasteiger partial charge in [-0.05, 0) is 61.5 Å². The SMILES string of the molecule is CN1CCC2Nc3cccc4c(CC(F)(F)F)c(sc34)C#CCNc3cc(cc(C(=O)N(C)C)c3)OCCOCCOCCC2C1. The van der Waals surface area contributed by atoms with Crippen LogP contribution >= 0.6 is 11.3 Å². The van der Waals surface area contributed by atoms with Crippen LogP contribution in [-0.2, 0) is 15.9 Å². The minimum atomic E-state index is -4.38. The maximum Gasteiger partial charge on any atom is 0.393 e. The number of amides is 1. The molecule has 0 aliphatic carbocycles. The zero-order valence-electron chi connectivity index (χ0n) is 26.5. The van der Waals surface area contributed by atoms with Crippen molar-refractivity contribution >= 4 is 38.7 Å². The Morgan fingerprint density at radius 3 is 2.65 bits per heavy atom. The molecular weight excluding hydrogens is 617 g/mol. The standard InChI is InChI=1S/C34H41F3N4O4S/c1-40(2)33(42)24-18-25-20-26(19-24)45-17-16-44-15-14-43-13-10-23-22-41(3)12-9-29(23)39-30-7-4-6-27-28(21-34(35,36)37)31(46-32(27)30)8-5-11-38-25/h4,6-7,18-20,23,29,38-39H,9-17,21-22H2,1-3H3. The van der Waals surface area contributed by atoms with Crippen molar-refractivity contribution in [2.24, 2.45) is 5.92 Å². The Kier molecular flexibility index (Phi) is 11.3. The predicted molar refractivity (Wildman–Crippen MR) is 176 cm³/mol. The molecule has 0 spiro atoms. The molecule has 1 amide bonds. The molecular formula is C34H41F3N4O4S. The van der Waals surface area contributed by atoms with E-state index in [1.807, 2.05) is 12.1 Å². The third-order valence-electron chi connectivity index (χ3n) is 8.12. The van der Waals surface area contributed by atoms with Gasteiger partial charge in [0.15, 0.2) is 0 Å². The molecule has 0 radical (unpaired) electrons. The van der Waals surface area contributed by atoms with E-state index in [0.29, 0.717) is 59.6 Å². The Labute approximate surface area is 272 Å². The number of nitrogens with zero attached hydrogens (tertiary/aromatic N) is 2. The number of likely N-dealkylation sites (tertiary alicyclic amines) is 1. The van der Waals surface area contributed by atoms with E-state index in [2.05, 4.69) is 34.4 Å². The highest BCUT2D eigenvalue weighted by atomic mass is 32.1. The number of nitrogens with one attached hydrogen (secondary N) is 2. The Balaban J connectivity index is 1.47. The summed E-state index contributed by atoms with van der Waals surface area (Å²) in [6.07, 6.45) is -3.67. The fraction of sp³-hybridized carbons (Fsp3) is 0.500. The molecule has 2 aromatic carbocycles. The molecule has 5 rings (SSSR count). The molecule has 2 aliphatic rings. The van der Waals surface area contributed by atoms with E-state index < -0.39 is 12.6 Å². The fourth-order valence-electron chi connectivity index (χ4n) is 5.87. The maximum absolute atomic E-state index is 13.8. The summed E-state index contributed by atoms with van der Waals surface area (Å²) in [6.45, 7) is 4.11. The van der Waals surface area contributed by atoms with Crippen LogP contribution in [-0.4, -0.2) is 102 Å². The first-order valence-corrected chi connectivity index (χ1v) is 16.3. The fourth-order valence-corrected chi connectivity index (χ4v) is 7.04. The van der Waals surface area contributed by atoms with Gasteiger partial charge in [-0.2, -0.15) is 13.2 Å². The third-order valence-corrected chi connectivity index (χ3v) is 9.31. The van der Waals surface area contributed by atoms with Crippen molar-refractivity contribution in [3.63, 3.8) is 0 Å². The highest BCUT2D eigenvalue weighted by Gasteiger charge is 2.32. The number of anilines is 2. The number of fused-ring (bicyclic) bond motifs is 4. The molecule has 3 heterocycles. The molecule has 2 aliphatic heterocycles. The quantitative estimate of drug-likeness (QED) is 0.342. The van der Waals surface area contributed by atoms with E-state index in [9.17, 15) is 18.0 Å². The zero-order valence-corrected chi connectivity index (χ0v) is 27.3. The van der Waals surface area contributed by atoms with Gasteiger partial charge in [0, 0.05) is 50.6 Å². The molecule has 248 valence electrons. The first-order valence-electron chi connectivity index (χ1n) is 15.5. The van der Waals surface area contributed by atoms with Gasteiger partial charge in [-0.15, -0.1) is 11.3 Å². The molecule has 4 bridgehead atoms. The zero-order chi connectivity index (χ0) is 32.7. The van der Waals surface area contributed by atoms with E-state index in [1.165, 1.54) is 16.2 Å². The maximum atomic E-state index is 13.8. The number of rotatable bonds is 2. The van der Waals surface area contributed by atoms with Crippen molar-refractivity contribution in [2.45, 2.75) is 31.5 Å². The smallest absolute Gasteiger partial charge is 0.393 e. The molecule has 1 aromatic heterocycles. The van der Waals surface area contributed by atoms with Gasteiger partial charge in [-0.3, -0.25) is 4.79 Å². The Morgan fingerprint density at radius 2 is 1.87 bits per heavy atom. The van der Waals surface area contributed by atoms with Crippen LogP contribution in [0.15, 0.2) is 36.4 Å². The van der Waals surface area contributed by atoms with E-state index in [4.69, 9.17) is 14.2 Å². The van der Waals surface area contributed by atoms with E-state index in [-0.39, 0.29) is 30.7 Å². The number of piperidine rings is 1. The monoisotopic (exact) mass is 658 g/mol. The van der Waals surface area contributed by atoms with Crippen LogP contribution in [0.4, 0.5) is 24.5 Å². The lowest BCUT2D eigenvalue weighted by Gasteiger charge is -2.38. The number of benzene rings is 2. The van der Waals surface area contributed by atoms with Gasteiger partial charge in [-0.25, -0.2) is 0 Å². The number of ether oxygens (including phenoxy) is 3. The summed E-state index contributed by atoms with van der Waals surface area (Å²) in [5.74, 6) is 6.64. The highest BCUT2D eigenvalue weighted by molar-refractivity contribution is 7.20. The minimum Gasteiger partial charge on any atom is -0.491 e. The molecule has 1 saturated heterocycles. The van der Waals surface area contributed by atoms with Crippen LogP contribution in [0.1, 0.15) is 33.6 Å². The normalized spacial score (nSPS) is 20.4. The average molecular weight is 659 g/mol.